The van der Waals surface area contributed by atoms with Crippen LogP contribution in [0.5, 0.6) is 0 Å². The molecule has 0 aromatic heterocycles. The highest BCUT2D eigenvalue weighted by atomic mass is 79.9. The second-order valence-corrected chi connectivity index (χ2v) is 7.26. The van der Waals surface area contributed by atoms with Crippen molar-refractivity contribution in [3.8, 4) is 0 Å². The number of hydrogen-bond donors (Lipinski definition) is 1. The quantitative estimate of drug-likeness (QED) is 0.609. The topological polar surface area (TPSA) is 12.0 Å². The van der Waals surface area contributed by atoms with Gasteiger partial charge >= 0.3 is 0 Å². The van der Waals surface area contributed by atoms with Crippen molar-refractivity contribution < 1.29 is 0 Å². The van der Waals surface area contributed by atoms with Gasteiger partial charge in [-0.05, 0) is 60.8 Å². The molecule has 2 rings (SSSR count). The summed E-state index contributed by atoms with van der Waals surface area (Å²) in [7, 11) is 0. The highest BCUT2D eigenvalue weighted by Crippen LogP contribution is 2.34. The lowest BCUT2D eigenvalue weighted by Crippen LogP contribution is -2.23. The molecule has 4 heteroatoms. The Morgan fingerprint density at radius 1 is 1.00 bits per heavy atom. The average Bonchev–Trinajstić information content (AvgIpc) is 2.41. The van der Waals surface area contributed by atoms with Gasteiger partial charge in [-0.3, -0.25) is 0 Å². The van der Waals surface area contributed by atoms with E-state index >= 15 is 0 Å². The molecule has 0 radical (unpaired) electrons. The maximum absolute atomic E-state index is 6.07. The van der Waals surface area contributed by atoms with Crippen molar-refractivity contribution in [3.05, 3.63) is 66.6 Å². The van der Waals surface area contributed by atoms with Crippen LogP contribution in [-0.2, 0) is 0 Å². The molecule has 1 unspecified atom stereocenters. The predicted molar refractivity (Wildman–Crippen MR) is 98.3 cm³/mol. The Morgan fingerprint density at radius 3 is 2.33 bits per heavy atom. The molecule has 0 fully saturated rings. The fourth-order valence-corrected chi connectivity index (χ4v) is 3.81. The first kappa shape index (κ1) is 17.0. The van der Waals surface area contributed by atoms with E-state index in [-0.39, 0.29) is 6.04 Å². The van der Waals surface area contributed by atoms with Gasteiger partial charge in [-0.1, -0.05) is 62.5 Å². The molecule has 1 atom stereocenters. The van der Waals surface area contributed by atoms with E-state index in [9.17, 15) is 0 Å². The summed E-state index contributed by atoms with van der Waals surface area (Å²) in [6.07, 6.45) is 0. The van der Waals surface area contributed by atoms with E-state index in [2.05, 4.69) is 76.1 Å². The van der Waals surface area contributed by atoms with Crippen molar-refractivity contribution in [2.24, 2.45) is 0 Å². The Balaban J connectivity index is 2.55. The normalized spacial score (nSPS) is 12.5. The fraction of sp³-hybridized carbons (Fsp3) is 0.294. The molecule has 2 aromatic carbocycles. The van der Waals surface area contributed by atoms with Gasteiger partial charge in [0.05, 0.1) is 6.04 Å². The van der Waals surface area contributed by atoms with Crippen LogP contribution in [0.3, 0.4) is 0 Å². The molecule has 0 heterocycles. The summed E-state index contributed by atoms with van der Waals surface area (Å²) in [6, 6.07) is 10.5. The predicted octanol–water partition coefficient (Wildman–Crippen LogP) is 6.18. The Morgan fingerprint density at radius 2 is 1.71 bits per heavy atom. The second-order valence-electron chi connectivity index (χ2n) is 5.11. The van der Waals surface area contributed by atoms with Crippen LogP contribution in [0.2, 0.25) is 5.02 Å². The van der Waals surface area contributed by atoms with Crippen molar-refractivity contribution in [2.45, 2.75) is 26.8 Å². The number of halogens is 3. The monoisotopic (exact) mass is 429 g/mol. The van der Waals surface area contributed by atoms with Gasteiger partial charge < -0.3 is 5.32 Å². The van der Waals surface area contributed by atoms with Gasteiger partial charge in [0.2, 0.25) is 0 Å². The highest BCUT2D eigenvalue weighted by Gasteiger charge is 2.18. The maximum Gasteiger partial charge on any atom is 0.0590 e. The molecule has 0 spiro atoms. The number of hydrogen-bond acceptors (Lipinski definition) is 1. The third-order valence-corrected chi connectivity index (χ3v) is 5.32. The summed E-state index contributed by atoms with van der Waals surface area (Å²) in [5, 5.41) is 4.31. The zero-order valence-electron chi connectivity index (χ0n) is 12.3. The van der Waals surface area contributed by atoms with Crippen molar-refractivity contribution in [1.29, 1.82) is 0 Å². The van der Waals surface area contributed by atoms with Gasteiger partial charge in [-0.2, -0.15) is 0 Å². The molecule has 112 valence electrons. The van der Waals surface area contributed by atoms with Crippen LogP contribution >= 0.6 is 43.5 Å². The van der Waals surface area contributed by atoms with Gasteiger partial charge in [-0.15, -0.1) is 0 Å². The molecule has 0 saturated carbocycles. The fourth-order valence-electron chi connectivity index (χ4n) is 2.44. The van der Waals surface area contributed by atoms with Gasteiger partial charge in [0.25, 0.3) is 0 Å². The average molecular weight is 432 g/mol. The summed E-state index contributed by atoms with van der Waals surface area (Å²) in [6.45, 7) is 7.28. The van der Waals surface area contributed by atoms with Crippen molar-refractivity contribution in [3.63, 3.8) is 0 Å². The van der Waals surface area contributed by atoms with Gasteiger partial charge in [0.15, 0.2) is 0 Å². The lowest BCUT2D eigenvalue weighted by atomic mass is 9.93. The summed E-state index contributed by atoms with van der Waals surface area (Å²) in [4.78, 5) is 0. The lowest BCUT2D eigenvalue weighted by Gasteiger charge is -2.23. The summed E-state index contributed by atoms with van der Waals surface area (Å²) >= 11 is 13.3. The largest absolute Gasteiger partial charge is 0.306 e. The van der Waals surface area contributed by atoms with E-state index in [4.69, 9.17) is 11.6 Å². The smallest absolute Gasteiger partial charge is 0.0590 e. The molecule has 0 amide bonds. The summed E-state index contributed by atoms with van der Waals surface area (Å²) in [5.41, 5.74) is 5.00. The van der Waals surface area contributed by atoms with Crippen LogP contribution in [0.1, 0.15) is 35.2 Å². The highest BCUT2D eigenvalue weighted by molar-refractivity contribution is 9.10. The first-order valence-electron chi connectivity index (χ1n) is 6.89. The molecular weight excluding hydrogens is 413 g/mol. The molecular formula is C17H18Br2ClN. The maximum atomic E-state index is 6.07. The SMILES string of the molecule is CCNC(c1cc(C)c(Br)cc1C)c1ccc(Cl)cc1Br. The molecule has 0 aliphatic heterocycles. The van der Waals surface area contributed by atoms with E-state index in [1.807, 2.05) is 12.1 Å². The van der Waals surface area contributed by atoms with Gasteiger partial charge in [-0.25, -0.2) is 0 Å². The summed E-state index contributed by atoms with van der Waals surface area (Å²) < 4.78 is 2.18. The third kappa shape index (κ3) is 3.89. The van der Waals surface area contributed by atoms with Crippen molar-refractivity contribution in [1.82, 2.24) is 5.32 Å². The van der Waals surface area contributed by atoms with E-state index in [0.29, 0.717) is 0 Å². The minimum Gasteiger partial charge on any atom is -0.306 e. The molecule has 0 aliphatic carbocycles. The number of benzene rings is 2. The Hall–Kier alpha value is -0.350. The van der Waals surface area contributed by atoms with Crippen LogP contribution in [0.4, 0.5) is 0 Å². The van der Waals surface area contributed by atoms with E-state index in [1.165, 1.54) is 22.3 Å². The minimum atomic E-state index is 0.147. The van der Waals surface area contributed by atoms with E-state index in [0.717, 1.165) is 20.5 Å². The molecule has 0 bridgehead atoms. The van der Waals surface area contributed by atoms with Crippen LogP contribution in [0.25, 0.3) is 0 Å². The van der Waals surface area contributed by atoms with Gasteiger partial charge in [0, 0.05) is 14.0 Å². The van der Waals surface area contributed by atoms with Crippen LogP contribution < -0.4 is 5.32 Å². The van der Waals surface area contributed by atoms with Crippen LogP contribution in [0, 0.1) is 13.8 Å². The lowest BCUT2D eigenvalue weighted by molar-refractivity contribution is 0.625. The molecule has 1 N–H and O–H groups in total. The Kier molecular flexibility index (Phi) is 5.89. The second kappa shape index (κ2) is 7.28. The third-order valence-electron chi connectivity index (χ3n) is 3.54. The van der Waals surface area contributed by atoms with Gasteiger partial charge in [0.1, 0.15) is 0 Å². The first-order valence-corrected chi connectivity index (χ1v) is 8.85. The van der Waals surface area contributed by atoms with Crippen molar-refractivity contribution >= 4 is 43.5 Å². The van der Waals surface area contributed by atoms with Crippen LogP contribution in [0.15, 0.2) is 39.3 Å². The van der Waals surface area contributed by atoms with Crippen molar-refractivity contribution in [2.75, 3.05) is 6.54 Å². The standard InChI is InChI=1S/C17H18Br2ClN/c1-4-21-17(13-6-5-12(20)9-16(13)19)14-7-11(3)15(18)8-10(14)2/h5-9,17,21H,4H2,1-3H3. The van der Waals surface area contributed by atoms with E-state index in [1.54, 1.807) is 0 Å². The van der Waals surface area contributed by atoms with Crippen LogP contribution in [-0.4, -0.2) is 6.54 Å². The van der Waals surface area contributed by atoms with E-state index < -0.39 is 0 Å². The molecule has 2 aromatic rings. The molecule has 21 heavy (non-hydrogen) atoms. The molecule has 1 nitrogen and oxygen atoms in total. The zero-order chi connectivity index (χ0) is 15.6. The number of rotatable bonds is 4. The Bertz CT molecular complexity index is 655. The first-order chi connectivity index (χ1) is 9.93. The minimum absolute atomic E-state index is 0.147. The summed E-state index contributed by atoms with van der Waals surface area (Å²) in [5.74, 6) is 0. The molecule has 0 aliphatic rings. The molecule has 0 saturated heterocycles. The zero-order valence-corrected chi connectivity index (χ0v) is 16.2. The Labute approximate surface area is 148 Å². The number of aryl methyl sites for hydroxylation is 2. The number of nitrogens with one attached hydrogen (secondary N) is 1.